The summed E-state index contributed by atoms with van der Waals surface area (Å²) in [6.45, 7) is 3.69. The van der Waals surface area contributed by atoms with E-state index >= 15 is 0 Å². The van der Waals surface area contributed by atoms with E-state index in [-0.39, 0.29) is 0 Å². The average Bonchev–Trinajstić information content (AvgIpc) is 2.94. The van der Waals surface area contributed by atoms with Crippen LogP contribution >= 0.6 is 11.8 Å². The van der Waals surface area contributed by atoms with Crippen LogP contribution in [0.4, 0.5) is 0 Å². The van der Waals surface area contributed by atoms with Crippen LogP contribution in [0.5, 0.6) is 5.75 Å². The van der Waals surface area contributed by atoms with E-state index in [9.17, 15) is 0 Å². The average molecular weight is 368 g/mol. The number of aromatic nitrogens is 2. The third-order valence-corrected chi connectivity index (χ3v) is 5.18. The topological polar surface area (TPSA) is 30.3 Å². The first-order chi connectivity index (χ1) is 12.6. The molecule has 4 rings (SSSR count). The predicted octanol–water partition coefficient (Wildman–Crippen LogP) is 4.85. The molecule has 0 saturated heterocycles. The van der Waals surface area contributed by atoms with Gasteiger partial charge in [0.2, 0.25) is 0 Å². The van der Waals surface area contributed by atoms with Crippen molar-refractivity contribution in [3.8, 4) is 5.75 Å². The molecular formula is C21H22ClN3O. The van der Waals surface area contributed by atoms with Crippen LogP contribution < -0.4 is 4.74 Å². The molecule has 4 aromatic rings. The maximum absolute atomic E-state index is 6.66. The van der Waals surface area contributed by atoms with Gasteiger partial charge in [0.05, 0.1) is 11.0 Å². The van der Waals surface area contributed by atoms with E-state index in [0.717, 1.165) is 51.5 Å². The molecule has 134 valence electrons. The summed E-state index contributed by atoms with van der Waals surface area (Å²) in [5.74, 6) is 0.890. The Morgan fingerprint density at radius 2 is 1.96 bits per heavy atom. The largest absolute Gasteiger partial charge is 0.492 e. The van der Waals surface area contributed by atoms with Gasteiger partial charge in [-0.05, 0) is 61.1 Å². The van der Waals surface area contributed by atoms with Crippen LogP contribution in [0, 0.1) is 0 Å². The maximum atomic E-state index is 6.66. The molecule has 0 saturated carbocycles. The van der Waals surface area contributed by atoms with Crippen LogP contribution in [-0.4, -0.2) is 41.2 Å². The highest BCUT2D eigenvalue weighted by molar-refractivity contribution is 6.30. The molecule has 0 aliphatic carbocycles. The lowest BCUT2D eigenvalue weighted by atomic mass is 10.0. The third kappa shape index (κ3) is 2.79. The van der Waals surface area contributed by atoms with E-state index in [0.29, 0.717) is 6.61 Å². The minimum atomic E-state index is 0.672. The van der Waals surface area contributed by atoms with Gasteiger partial charge in [0.15, 0.2) is 0 Å². The molecule has 26 heavy (non-hydrogen) atoms. The number of rotatable bonds is 5. The highest BCUT2D eigenvalue weighted by Crippen LogP contribution is 2.37. The van der Waals surface area contributed by atoms with Crippen molar-refractivity contribution in [2.75, 3.05) is 27.2 Å². The summed E-state index contributed by atoms with van der Waals surface area (Å²) in [4.78, 5) is 6.54. The second-order valence-corrected chi connectivity index (χ2v) is 7.16. The Labute approximate surface area is 158 Å². The van der Waals surface area contributed by atoms with E-state index in [4.69, 9.17) is 16.5 Å². The number of pyridine rings is 1. The fourth-order valence-electron chi connectivity index (χ4n) is 3.47. The predicted molar refractivity (Wildman–Crippen MR) is 109 cm³/mol. The highest BCUT2D eigenvalue weighted by atomic mass is 35.5. The van der Waals surface area contributed by atoms with Crippen molar-refractivity contribution in [3.05, 3.63) is 48.3 Å². The lowest BCUT2D eigenvalue weighted by Crippen LogP contribution is -2.19. The van der Waals surface area contributed by atoms with E-state index in [1.165, 1.54) is 5.39 Å². The van der Waals surface area contributed by atoms with Gasteiger partial charge < -0.3 is 9.64 Å². The van der Waals surface area contributed by atoms with Crippen LogP contribution in [0.25, 0.3) is 32.6 Å². The number of ether oxygens (including phenoxy) is 1. The molecule has 2 aromatic carbocycles. The van der Waals surface area contributed by atoms with Crippen molar-refractivity contribution >= 4 is 44.4 Å². The zero-order chi connectivity index (χ0) is 18.3. The minimum Gasteiger partial charge on any atom is -0.492 e. The van der Waals surface area contributed by atoms with Crippen molar-refractivity contribution in [2.45, 2.75) is 13.3 Å². The summed E-state index contributed by atoms with van der Waals surface area (Å²) in [6.07, 6.45) is 4.71. The Morgan fingerprint density at radius 1 is 1.12 bits per heavy atom. The fourth-order valence-corrected chi connectivity index (χ4v) is 3.81. The lowest BCUT2D eigenvalue weighted by Gasteiger charge is -2.11. The fraction of sp³-hybridized carbons (Fsp3) is 0.286. The van der Waals surface area contributed by atoms with Gasteiger partial charge in [-0.15, -0.1) is 0 Å². The van der Waals surface area contributed by atoms with E-state index in [1.54, 1.807) is 4.09 Å². The van der Waals surface area contributed by atoms with Gasteiger partial charge in [-0.2, -0.15) is 0 Å². The number of hydrogen-bond acceptors (Lipinski definition) is 3. The molecule has 0 amide bonds. The first kappa shape index (κ1) is 17.1. The molecule has 0 aliphatic heterocycles. The maximum Gasteiger partial charge on any atom is 0.120 e. The molecule has 4 nitrogen and oxygen atoms in total. The summed E-state index contributed by atoms with van der Waals surface area (Å²) >= 11 is 6.66. The molecule has 2 heterocycles. The Balaban J connectivity index is 1.88. The van der Waals surface area contributed by atoms with Crippen molar-refractivity contribution < 1.29 is 4.74 Å². The normalized spacial score (nSPS) is 11.9. The molecule has 0 unspecified atom stereocenters. The van der Waals surface area contributed by atoms with Gasteiger partial charge in [-0.1, -0.05) is 13.0 Å². The van der Waals surface area contributed by atoms with Crippen molar-refractivity contribution in [1.29, 1.82) is 0 Å². The van der Waals surface area contributed by atoms with Crippen LogP contribution in [0.2, 0.25) is 0 Å². The molecule has 0 atom stereocenters. The standard InChI is InChI=1S/C21H22ClN3O/c1-4-14-12-23-13-18-20-17-7-6-16(26-10-9-24(2)3)11-15(17)5-8-19(20)25(22)21(14)18/h5-8,11-13H,4,9-10H2,1-3H3. The molecule has 0 fully saturated rings. The van der Waals surface area contributed by atoms with Crippen molar-refractivity contribution in [1.82, 2.24) is 14.0 Å². The highest BCUT2D eigenvalue weighted by Gasteiger charge is 2.15. The van der Waals surface area contributed by atoms with Crippen LogP contribution in [0.1, 0.15) is 12.5 Å². The van der Waals surface area contributed by atoms with Crippen LogP contribution in [0.3, 0.4) is 0 Å². The Morgan fingerprint density at radius 3 is 2.73 bits per heavy atom. The van der Waals surface area contributed by atoms with Gasteiger partial charge in [0, 0.05) is 41.5 Å². The summed E-state index contributed by atoms with van der Waals surface area (Å²) in [5.41, 5.74) is 3.22. The summed E-state index contributed by atoms with van der Waals surface area (Å²) in [7, 11) is 4.09. The van der Waals surface area contributed by atoms with Crippen LogP contribution in [-0.2, 0) is 6.42 Å². The van der Waals surface area contributed by atoms with Crippen LogP contribution in [0.15, 0.2) is 42.7 Å². The minimum absolute atomic E-state index is 0.672. The summed E-state index contributed by atoms with van der Waals surface area (Å²) in [5, 5.41) is 4.56. The number of halogens is 1. The first-order valence-electron chi connectivity index (χ1n) is 8.87. The number of benzene rings is 2. The van der Waals surface area contributed by atoms with Crippen molar-refractivity contribution in [2.24, 2.45) is 0 Å². The number of likely N-dealkylation sites (N-methyl/N-ethyl adjacent to an activating group) is 1. The summed E-state index contributed by atoms with van der Waals surface area (Å²) in [6, 6.07) is 10.4. The van der Waals surface area contributed by atoms with Gasteiger partial charge in [0.1, 0.15) is 12.4 Å². The van der Waals surface area contributed by atoms with Gasteiger partial charge in [0.25, 0.3) is 0 Å². The second-order valence-electron chi connectivity index (χ2n) is 6.82. The number of aryl methyl sites for hydroxylation is 1. The van der Waals surface area contributed by atoms with E-state index in [1.807, 2.05) is 32.6 Å². The molecule has 0 aliphatic rings. The smallest absolute Gasteiger partial charge is 0.120 e. The quantitative estimate of drug-likeness (QED) is 0.505. The molecule has 0 N–H and O–H groups in total. The molecule has 0 bridgehead atoms. The van der Waals surface area contributed by atoms with Gasteiger partial charge in [-0.3, -0.25) is 9.07 Å². The van der Waals surface area contributed by atoms with E-state index < -0.39 is 0 Å². The SMILES string of the molecule is CCc1cncc2c3c4ccc(OCCN(C)C)cc4ccc3n(Cl)c12. The van der Waals surface area contributed by atoms with Gasteiger partial charge >= 0.3 is 0 Å². The monoisotopic (exact) mass is 367 g/mol. The third-order valence-electron chi connectivity index (χ3n) is 4.83. The lowest BCUT2D eigenvalue weighted by molar-refractivity contribution is 0.261. The van der Waals surface area contributed by atoms with E-state index in [2.05, 4.69) is 41.1 Å². The second kappa shape index (κ2) is 6.78. The first-order valence-corrected chi connectivity index (χ1v) is 9.21. The number of fused-ring (bicyclic) bond motifs is 5. The molecule has 2 aromatic heterocycles. The Hall–Kier alpha value is -2.30. The molecular weight excluding hydrogens is 346 g/mol. The molecule has 0 radical (unpaired) electrons. The molecule has 5 heteroatoms. The number of nitrogens with zero attached hydrogens (tertiary/aromatic N) is 3. The Bertz CT molecular complexity index is 1100. The molecule has 0 spiro atoms. The van der Waals surface area contributed by atoms with Gasteiger partial charge in [-0.25, -0.2) is 0 Å². The Kier molecular flexibility index (Phi) is 4.47. The zero-order valence-corrected chi connectivity index (χ0v) is 16.0. The zero-order valence-electron chi connectivity index (χ0n) is 15.3. The summed E-state index contributed by atoms with van der Waals surface area (Å²) < 4.78 is 7.65. The van der Waals surface area contributed by atoms with Crippen molar-refractivity contribution in [3.63, 3.8) is 0 Å². The number of hydrogen-bond donors (Lipinski definition) is 0.